The molecule has 1 amide bonds. The minimum Gasteiger partial charge on any atom is -0.373 e. The number of aromatic nitrogens is 3. The second-order valence-corrected chi connectivity index (χ2v) is 7.12. The number of likely N-dealkylation sites (N-methyl/N-ethyl adjacent to an activating group) is 1. The summed E-state index contributed by atoms with van der Waals surface area (Å²) in [5.74, 6) is 1.88. The van der Waals surface area contributed by atoms with Gasteiger partial charge in [-0.2, -0.15) is 4.98 Å². The lowest BCUT2D eigenvalue weighted by molar-refractivity contribution is -0.119. The maximum Gasteiger partial charge on any atom is 0.258 e. The van der Waals surface area contributed by atoms with Crippen molar-refractivity contribution in [2.75, 3.05) is 44.7 Å². The van der Waals surface area contributed by atoms with E-state index in [9.17, 15) is 4.79 Å². The quantitative estimate of drug-likeness (QED) is 0.760. The molecule has 0 spiro atoms. The molecule has 0 radical (unpaired) electrons. The van der Waals surface area contributed by atoms with Crippen LogP contribution in [0.3, 0.4) is 0 Å². The van der Waals surface area contributed by atoms with Crippen molar-refractivity contribution in [3.8, 4) is 11.5 Å². The Hall–Kier alpha value is -2.52. The third-order valence-electron chi connectivity index (χ3n) is 4.35. The van der Waals surface area contributed by atoms with Crippen molar-refractivity contribution in [3.05, 3.63) is 24.2 Å². The van der Waals surface area contributed by atoms with E-state index in [1.165, 1.54) is 0 Å². The Bertz CT molecular complexity index is 778. The first-order chi connectivity index (χ1) is 12.9. The third kappa shape index (κ3) is 5.01. The zero-order chi connectivity index (χ0) is 19.4. The Balaban J connectivity index is 1.69. The Labute approximate surface area is 158 Å². The number of carbonyl (C=O) groups excluding carboxylic acids is 1. The van der Waals surface area contributed by atoms with Crippen molar-refractivity contribution in [1.29, 1.82) is 0 Å². The van der Waals surface area contributed by atoms with E-state index < -0.39 is 0 Å². The molecule has 1 fully saturated rings. The number of amides is 1. The molecule has 1 saturated heterocycles. The first kappa shape index (κ1) is 19.2. The molecule has 2 aromatic rings. The van der Waals surface area contributed by atoms with Crippen LogP contribution in [-0.2, 0) is 9.53 Å². The highest BCUT2D eigenvalue weighted by Gasteiger charge is 2.24. The summed E-state index contributed by atoms with van der Waals surface area (Å²) in [6, 6.07) is 3.81. The van der Waals surface area contributed by atoms with Crippen LogP contribution in [-0.4, -0.2) is 71.9 Å². The van der Waals surface area contributed by atoms with Gasteiger partial charge in [0.25, 0.3) is 5.89 Å². The smallest absolute Gasteiger partial charge is 0.258 e. The minimum absolute atomic E-state index is 0.0236. The van der Waals surface area contributed by atoms with E-state index in [1.807, 2.05) is 37.9 Å². The number of nitrogens with two attached hydrogens (primary N) is 1. The number of ether oxygens (including phenoxy) is 1. The maximum absolute atomic E-state index is 11.1. The Morgan fingerprint density at radius 3 is 3.00 bits per heavy atom. The topological polar surface area (TPSA) is 111 Å². The number of hydrogen-bond acceptors (Lipinski definition) is 8. The van der Waals surface area contributed by atoms with E-state index in [0.29, 0.717) is 31.4 Å². The van der Waals surface area contributed by atoms with Crippen molar-refractivity contribution in [2.45, 2.75) is 25.9 Å². The normalized spacial score (nSPS) is 17.7. The Kier molecular flexibility index (Phi) is 6.02. The third-order valence-corrected chi connectivity index (χ3v) is 4.35. The predicted molar refractivity (Wildman–Crippen MR) is 100 cm³/mol. The zero-order valence-electron chi connectivity index (χ0n) is 16.0. The first-order valence-electron chi connectivity index (χ1n) is 9.06. The van der Waals surface area contributed by atoms with Gasteiger partial charge in [0.05, 0.1) is 19.3 Å². The molecule has 2 N–H and O–H groups in total. The van der Waals surface area contributed by atoms with Gasteiger partial charge in [0.15, 0.2) is 5.82 Å². The number of rotatable bonds is 7. The second-order valence-electron chi connectivity index (χ2n) is 7.12. The van der Waals surface area contributed by atoms with Crippen LogP contribution in [0.4, 0.5) is 5.82 Å². The van der Waals surface area contributed by atoms with Crippen LogP contribution in [0, 0.1) is 0 Å². The summed E-state index contributed by atoms with van der Waals surface area (Å²) >= 11 is 0. The molecule has 1 atom stereocenters. The number of carbonyl (C=O) groups is 1. The first-order valence-corrected chi connectivity index (χ1v) is 9.06. The minimum atomic E-state index is -0.347. The molecule has 2 aromatic heterocycles. The lowest BCUT2D eigenvalue weighted by Gasteiger charge is -2.35. The molecule has 9 nitrogen and oxygen atoms in total. The average molecular weight is 374 g/mol. The average Bonchev–Trinajstić information content (AvgIpc) is 3.12. The summed E-state index contributed by atoms with van der Waals surface area (Å²) in [6.07, 6.45) is 1.72. The molecule has 27 heavy (non-hydrogen) atoms. The molecule has 0 bridgehead atoms. The van der Waals surface area contributed by atoms with Gasteiger partial charge in [-0.3, -0.25) is 9.69 Å². The Morgan fingerprint density at radius 1 is 1.48 bits per heavy atom. The molecule has 0 aromatic carbocycles. The van der Waals surface area contributed by atoms with Crippen LogP contribution in [0.1, 0.15) is 25.6 Å². The largest absolute Gasteiger partial charge is 0.373 e. The maximum atomic E-state index is 11.1. The van der Waals surface area contributed by atoms with Crippen LogP contribution in [0.15, 0.2) is 22.9 Å². The highest BCUT2D eigenvalue weighted by molar-refractivity contribution is 5.75. The van der Waals surface area contributed by atoms with Crippen LogP contribution < -0.4 is 10.6 Å². The van der Waals surface area contributed by atoms with Crippen LogP contribution in [0.25, 0.3) is 11.5 Å². The molecule has 0 saturated carbocycles. The van der Waals surface area contributed by atoms with Crippen molar-refractivity contribution in [1.82, 2.24) is 20.0 Å². The van der Waals surface area contributed by atoms with Crippen molar-refractivity contribution >= 4 is 11.7 Å². The molecule has 3 heterocycles. The van der Waals surface area contributed by atoms with E-state index >= 15 is 0 Å². The lowest BCUT2D eigenvalue weighted by atomic mass is 10.2. The van der Waals surface area contributed by atoms with Gasteiger partial charge in [0.1, 0.15) is 5.82 Å². The Morgan fingerprint density at radius 2 is 2.30 bits per heavy atom. The fourth-order valence-corrected chi connectivity index (χ4v) is 3.03. The standard InChI is InChI=1S/C18H26N6O3/c1-12(2)17-21-18(27-22-17)13-4-5-20-16(8-13)24-6-7-26-14(10-24)9-23(3)11-15(19)25/h4-5,8,12,14H,6-7,9-11H2,1-3H3,(H2,19,25). The van der Waals surface area contributed by atoms with Crippen LogP contribution in [0.5, 0.6) is 0 Å². The predicted octanol–water partition coefficient (Wildman–Crippen LogP) is 0.877. The highest BCUT2D eigenvalue weighted by Crippen LogP contribution is 2.24. The summed E-state index contributed by atoms with van der Waals surface area (Å²) < 4.78 is 11.2. The van der Waals surface area contributed by atoms with E-state index in [1.54, 1.807) is 6.20 Å². The number of morpholine rings is 1. The van der Waals surface area contributed by atoms with E-state index in [-0.39, 0.29) is 24.5 Å². The van der Waals surface area contributed by atoms with Crippen LogP contribution in [0.2, 0.25) is 0 Å². The van der Waals surface area contributed by atoms with Crippen molar-refractivity contribution < 1.29 is 14.1 Å². The van der Waals surface area contributed by atoms with Gasteiger partial charge >= 0.3 is 0 Å². The monoisotopic (exact) mass is 374 g/mol. The fraction of sp³-hybridized carbons (Fsp3) is 0.556. The molecule has 1 aliphatic rings. The molecule has 1 unspecified atom stereocenters. The fourth-order valence-electron chi connectivity index (χ4n) is 3.03. The highest BCUT2D eigenvalue weighted by atomic mass is 16.5. The molecular formula is C18H26N6O3. The second kappa shape index (κ2) is 8.45. The van der Waals surface area contributed by atoms with Crippen molar-refractivity contribution in [3.63, 3.8) is 0 Å². The van der Waals surface area contributed by atoms with E-state index in [4.69, 9.17) is 15.0 Å². The van der Waals surface area contributed by atoms with Gasteiger partial charge in [-0.25, -0.2) is 4.98 Å². The SMILES string of the molecule is CC(C)c1noc(-c2ccnc(N3CCOC(CN(C)CC(N)=O)C3)c2)n1. The van der Waals surface area contributed by atoms with Gasteiger partial charge in [0, 0.05) is 37.3 Å². The summed E-state index contributed by atoms with van der Waals surface area (Å²) in [7, 11) is 1.85. The summed E-state index contributed by atoms with van der Waals surface area (Å²) in [6.45, 7) is 6.90. The van der Waals surface area contributed by atoms with Gasteiger partial charge in [-0.05, 0) is 19.2 Å². The number of pyridine rings is 1. The van der Waals surface area contributed by atoms with E-state index in [2.05, 4.69) is 20.0 Å². The van der Waals surface area contributed by atoms with Gasteiger partial charge in [-0.1, -0.05) is 19.0 Å². The molecule has 1 aliphatic heterocycles. The number of nitrogens with zero attached hydrogens (tertiary/aromatic N) is 5. The molecule has 146 valence electrons. The zero-order valence-corrected chi connectivity index (χ0v) is 16.0. The van der Waals surface area contributed by atoms with E-state index in [0.717, 1.165) is 17.9 Å². The molecular weight excluding hydrogens is 348 g/mol. The van der Waals surface area contributed by atoms with Gasteiger partial charge in [0.2, 0.25) is 5.91 Å². The van der Waals surface area contributed by atoms with Gasteiger partial charge < -0.3 is 19.9 Å². The summed E-state index contributed by atoms with van der Waals surface area (Å²) in [5, 5.41) is 4.02. The molecule has 9 heteroatoms. The number of anilines is 1. The van der Waals surface area contributed by atoms with Crippen molar-refractivity contribution in [2.24, 2.45) is 5.73 Å². The number of primary amides is 1. The summed E-state index contributed by atoms with van der Waals surface area (Å²) in [4.78, 5) is 24.0. The lowest BCUT2D eigenvalue weighted by Crippen LogP contribution is -2.48. The molecule has 3 rings (SSSR count). The molecule has 0 aliphatic carbocycles. The van der Waals surface area contributed by atoms with Gasteiger partial charge in [-0.15, -0.1) is 0 Å². The summed E-state index contributed by atoms with van der Waals surface area (Å²) in [5.41, 5.74) is 6.09. The number of hydrogen-bond donors (Lipinski definition) is 1. The van der Waals surface area contributed by atoms with Crippen LogP contribution >= 0.6 is 0 Å².